The number of benzene rings is 1. The number of hydrogen-bond donors (Lipinski definition) is 0. The molecule has 13 heavy (non-hydrogen) atoms. The van der Waals surface area contributed by atoms with E-state index in [-0.39, 0.29) is 0 Å². The molecule has 1 aromatic carbocycles. The third-order valence-electron chi connectivity index (χ3n) is 1.88. The number of pyridine rings is 1. The lowest BCUT2D eigenvalue weighted by atomic mass is 10.2. The van der Waals surface area contributed by atoms with Crippen LogP contribution < -0.4 is 0 Å². The zero-order valence-corrected chi connectivity index (χ0v) is 9.52. The van der Waals surface area contributed by atoms with Crippen LogP contribution in [0, 0.1) is 0 Å². The Morgan fingerprint density at radius 2 is 2.23 bits per heavy atom. The van der Waals surface area contributed by atoms with Gasteiger partial charge >= 0.3 is 0 Å². The molecule has 0 aliphatic carbocycles. The maximum absolute atomic E-state index is 4.36. The van der Waals surface area contributed by atoms with Crippen LogP contribution in [0.15, 0.2) is 39.8 Å². The van der Waals surface area contributed by atoms with Crippen molar-refractivity contribution in [1.82, 2.24) is 4.98 Å². The molecule has 0 saturated carbocycles. The second-order valence-electron chi connectivity index (χ2n) is 2.68. The SMILES string of the molecule is CSc1cnc2cccc(Br)c2c1. The molecule has 0 spiro atoms. The zero-order chi connectivity index (χ0) is 9.26. The summed E-state index contributed by atoms with van der Waals surface area (Å²) in [6, 6.07) is 8.20. The fourth-order valence-electron chi connectivity index (χ4n) is 1.21. The third kappa shape index (κ3) is 1.71. The van der Waals surface area contributed by atoms with E-state index in [1.165, 1.54) is 10.3 Å². The van der Waals surface area contributed by atoms with Gasteiger partial charge < -0.3 is 0 Å². The minimum atomic E-state index is 1.03. The summed E-state index contributed by atoms with van der Waals surface area (Å²) in [5, 5.41) is 1.18. The molecule has 0 radical (unpaired) electrons. The van der Waals surface area contributed by atoms with E-state index in [0.717, 1.165) is 9.99 Å². The molecule has 66 valence electrons. The molecule has 0 N–H and O–H groups in total. The van der Waals surface area contributed by atoms with Crippen LogP contribution in [0.4, 0.5) is 0 Å². The lowest BCUT2D eigenvalue weighted by Gasteiger charge is -2.01. The first-order chi connectivity index (χ1) is 6.31. The molecular weight excluding hydrogens is 246 g/mol. The Labute approximate surface area is 89.7 Å². The van der Waals surface area contributed by atoms with Crippen LogP contribution in [0.25, 0.3) is 10.9 Å². The highest BCUT2D eigenvalue weighted by atomic mass is 79.9. The average Bonchev–Trinajstić information content (AvgIpc) is 2.18. The molecule has 0 fully saturated rings. The second-order valence-corrected chi connectivity index (χ2v) is 4.42. The Kier molecular flexibility index (Phi) is 2.56. The Morgan fingerprint density at radius 3 is 3.00 bits per heavy atom. The normalized spacial score (nSPS) is 10.6. The molecule has 2 rings (SSSR count). The van der Waals surface area contributed by atoms with E-state index in [1.807, 2.05) is 24.4 Å². The lowest BCUT2D eigenvalue weighted by Crippen LogP contribution is -1.80. The fourth-order valence-corrected chi connectivity index (χ4v) is 2.07. The maximum Gasteiger partial charge on any atom is 0.0714 e. The topological polar surface area (TPSA) is 12.9 Å². The number of rotatable bonds is 1. The van der Waals surface area contributed by atoms with Gasteiger partial charge in [-0.25, -0.2) is 0 Å². The van der Waals surface area contributed by atoms with Crippen molar-refractivity contribution < 1.29 is 0 Å². The van der Waals surface area contributed by atoms with Crippen LogP contribution in [0.1, 0.15) is 0 Å². The van der Waals surface area contributed by atoms with E-state index in [1.54, 1.807) is 11.8 Å². The van der Waals surface area contributed by atoms with Gasteiger partial charge in [-0.15, -0.1) is 11.8 Å². The van der Waals surface area contributed by atoms with E-state index in [0.29, 0.717) is 0 Å². The molecule has 2 aromatic rings. The van der Waals surface area contributed by atoms with Gasteiger partial charge in [0.25, 0.3) is 0 Å². The van der Waals surface area contributed by atoms with E-state index < -0.39 is 0 Å². The van der Waals surface area contributed by atoms with Crippen molar-refractivity contribution in [2.24, 2.45) is 0 Å². The van der Waals surface area contributed by atoms with Crippen molar-refractivity contribution in [3.05, 3.63) is 34.9 Å². The molecule has 0 saturated heterocycles. The summed E-state index contributed by atoms with van der Waals surface area (Å²) in [5.74, 6) is 0. The highest BCUT2D eigenvalue weighted by Gasteiger charge is 1.99. The predicted molar refractivity (Wildman–Crippen MR) is 61.2 cm³/mol. The molecule has 0 aliphatic rings. The monoisotopic (exact) mass is 253 g/mol. The third-order valence-corrected chi connectivity index (χ3v) is 3.27. The summed E-state index contributed by atoms with van der Waals surface area (Å²) < 4.78 is 1.11. The van der Waals surface area contributed by atoms with Crippen LogP contribution >= 0.6 is 27.7 Å². The van der Waals surface area contributed by atoms with Crippen molar-refractivity contribution in [3.63, 3.8) is 0 Å². The fraction of sp³-hybridized carbons (Fsp3) is 0.100. The van der Waals surface area contributed by atoms with Gasteiger partial charge in [0.1, 0.15) is 0 Å². The second kappa shape index (κ2) is 3.68. The van der Waals surface area contributed by atoms with Crippen molar-refractivity contribution in [1.29, 1.82) is 0 Å². The molecule has 0 aliphatic heterocycles. The van der Waals surface area contributed by atoms with Crippen LogP contribution in [0.5, 0.6) is 0 Å². The first-order valence-electron chi connectivity index (χ1n) is 3.89. The molecule has 1 aromatic heterocycles. The number of thioether (sulfide) groups is 1. The molecule has 1 nitrogen and oxygen atoms in total. The molecule has 1 heterocycles. The van der Waals surface area contributed by atoms with Crippen LogP contribution in [-0.2, 0) is 0 Å². The summed E-state index contributed by atoms with van der Waals surface area (Å²) in [5.41, 5.74) is 1.03. The van der Waals surface area contributed by atoms with E-state index >= 15 is 0 Å². The van der Waals surface area contributed by atoms with Crippen LogP contribution in [0.3, 0.4) is 0 Å². The van der Waals surface area contributed by atoms with Gasteiger partial charge in [0.2, 0.25) is 0 Å². The highest BCUT2D eigenvalue weighted by Crippen LogP contribution is 2.25. The van der Waals surface area contributed by atoms with Gasteiger partial charge in [0.05, 0.1) is 5.52 Å². The number of aromatic nitrogens is 1. The van der Waals surface area contributed by atoms with E-state index in [2.05, 4.69) is 33.2 Å². The summed E-state index contributed by atoms with van der Waals surface area (Å²) >= 11 is 5.22. The van der Waals surface area contributed by atoms with Crippen molar-refractivity contribution in [2.75, 3.05) is 6.26 Å². The van der Waals surface area contributed by atoms with Gasteiger partial charge in [-0.1, -0.05) is 22.0 Å². The molecule has 0 amide bonds. The summed E-state index contributed by atoms with van der Waals surface area (Å²) in [7, 11) is 0. The standard InChI is InChI=1S/C10H8BrNS/c1-13-7-5-8-9(11)3-2-4-10(8)12-6-7/h2-6H,1H3. The molecular formula is C10H8BrNS. The first-order valence-corrected chi connectivity index (χ1v) is 5.91. The molecule has 0 bridgehead atoms. The number of hydrogen-bond acceptors (Lipinski definition) is 2. The minimum Gasteiger partial charge on any atom is -0.255 e. The van der Waals surface area contributed by atoms with Gasteiger partial charge in [0, 0.05) is 21.0 Å². The highest BCUT2D eigenvalue weighted by molar-refractivity contribution is 9.10. The van der Waals surface area contributed by atoms with Crippen LogP contribution in [-0.4, -0.2) is 11.2 Å². The lowest BCUT2D eigenvalue weighted by molar-refractivity contribution is 1.30. The molecule has 3 heteroatoms. The van der Waals surface area contributed by atoms with Crippen molar-refractivity contribution >= 4 is 38.6 Å². The van der Waals surface area contributed by atoms with Gasteiger partial charge in [-0.05, 0) is 24.5 Å². The Hall–Kier alpha value is -0.540. The predicted octanol–water partition coefficient (Wildman–Crippen LogP) is 3.72. The maximum atomic E-state index is 4.36. The van der Waals surface area contributed by atoms with E-state index in [4.69, 9.17) is 0 Å². The molecule has 0 atom stereocenters. The molecule has 0 unspecified atom stereocenters. The number of fused-ring (bicyclic) bond motifs is 1. The van der Waals surface area contributed by atoms with Crippen molar-refractivity contribution in [3.8, 4) is 0 Å². The largest absolute Gasteiger partial charge is 0.255 e. The average molecular weight is 254 g/mol. The van der Waals surface area contributed by atoms with Gasteiger partial charge in [-0.2, -0.15) is 0 Å². The van der Waals surface area contributed by atoms with Crippen molar-refractivity contribution in [2.45, 2.75) is 4.90 Å². The minimum absolute atomic E-state index is 1.03. The summed E-state index contributed by atoms with van der Waals surface area (Å²) in [6.07, 6.45) is 3.96. The summed E-state index contributed by atoms with van der Waals surface area (Å²) in [6.45, 7) is 0. The Balaban J connectivity index is 2.74. The van der Waals surface area contributed by atoms with Gasteiger partial charge in [-0.3, -0.25) is 4.98 Å². The smallest absolute Gasteiger partial charge is 0.0714 e. The Bertz CT molecular complexity index is 442. The first kappa shape index (κ1) is 9.03. The van der Waals surface area contributed by atoms with Crippen LogP contribution in [0.2, 0.25) is 0 Å². The Morgan fingerprint density at radius 1 is 1.38 bits per heavy atom. The van der Waals surface area contributed by atoms with Gasteiger partial charge in [0.15, 0.2) is 0 Å². The summed E-state index contributed by atoms with van der Waals surface area (Å²) in [4.78, 5) is 5.56. The quantitative estimate of drug-likeness (QED) is 0.719. The zero-order valence-electron chi connectivity index (χ0n) is 7.12. The number of nitrogens with zero attached hydrogens (tertiary/aromatic N) is 1. The van der Waals surface area contributed by atoms with E-state index in [9.17, 15) is 0 Å². The number of halogens is 1.